The summed E-state index contributed by atoms with van der Waals surface area (Å²) in [4.78, 5) is 13.4. The SMILES string of the molecule is CCCCCCCCCCNC1CN2CCC1CC2.O=C(O)c1cccc(-c2ccccc2)c1. The fourth-order valence-electron chi connectivity index (χ4n) is 5.21. The molecule has 3 aliphatic heterocycles. The maximum atomic E-state index is 10.8. The van der Waals surface area contributed by atoms with E-state index in [4.69, 9.17) is 5.11 Å². The minimum absolute atomic E-state index is 0.316. The van der Waals surface area contributed by atoms with Crippen LogP contribution in [0.2, 0.25) is 0 Å². The van der Waals surface area contributed by atoms with Crippen LogP contribution in [-0.2, 0) is 0 Å². The molecule has 0 aromatic heterocycles. The Labute approximate surface area is 206 Å². The fourth-order valence-corrected chi connectivity index (χ4v) is 5.21. The molecule has 3 aliphatic rings. The number of unbranched alkanes of at least 4 members (excludes halogenated alkanes) is 7. The van der Waals surface area contributed by atoms with Gasteiger partial charge in [0, 0.05) is 12.6 Å². The van der Waals surface area contributed by atoms with E-state index in [1.165, 1.54) is 90.4 Å². The molecule has 3 fully saturated rings. The number of rotatable bonds is 12. The van der Waals surface area contributed by atoms with Crippen LogP contribution in [-0.4, -0.2) is 48.2 Å². The molecule has 1 atom stereocenters. The van der Waals surface area contributed by atoms with Crippen LogP contribution < -0.4 is 5.32 Å². The van der Waals surface area contributed by atoms with Crippen LogP contribution in [0.3, 0.4) is 0 Å². The first-order chi connectivity index (χ1) is 16.7. The third kappa shape index (κ3) is 8.88. The summed E-state index contributed by atoms with van der Waals surface area (Å²) in [5.41, 5.74) is 2.27. The molecule has 4 nitrogen and oxygen atoms in total. The Hall–Kier alpha value is -2.17. The number of hydrogen-bond acceptors (Lipinski definition) is 3. The molecule has 0 amide bonds. The van der Waals surface area contributed by atoms with Gasteiger partial charge >= 0.3 is 5.97 Å². The van der Waals surface area contributed by atoms with Crippen molar-refractivity contribution in [1.29, 1.82) is 0 Å². The van der Waals surface area contributed by atoms with E-state index in [1.54, 1.807) is 18.2 Å². The van der Waals surface area contributed by atoms with Crippen LogP contribution in [0.25, 0.3) is 11.1 Å². The van der Waals surface area contributed by atoms with E-state index in [9.17, 15) is 4.79 Å². The maximum Gasteiger partial charge on any atom is 0.335 e. The van der Waals surface area contributed by atoms with Gasteiger partial charge in [-0.2, -0.15) is 0 Å². The maximum absolute atomic E-state index is 10.8. The number of fused-ring (bicyclic) bond motifs is 3. The quantitative estimate of drug-likeness (QED) is 0.337. The van der Waals surface area contributed by atoms with Gasteiger partial charge in [0.05, 0.1) is 5.56 Å². The molecule has 2 aromatic carbocycles. The Bertz CT molecular complexity index is 831. The van der Waals surface area contributed by atoms with Crippen molar-refractivity contribution in [1.82, 2.24) is 10.2 Å². The molecule has 186 valence electrons. The molecule has 0 saturated carbocycles. The smallest absolute Gasteiger partial charge is 0.335 e. The van der Waals surface area contributed by atoms with Crippen molar-refractivity contribution >= 4 is 5.97 Å². The molecule has 2 N–H and O–H groups in total. The van der Waals surface area contributed by atoms with Gasteiger partial charge in [-0.05, 0) is 68.1 Å². The van der Waals surface area contributed by atoms with Crippen LogP contribution in [0.15, 0.2) is 54.6 Å². The predicted octanol–water partition coefficient (Wildman–Crippen LogP) is 6.86. The van der Waals surface area contributed by atoms with Crippen LogP contribution in [0.1, 0.15) is 81.5 Å². The number of piperidine rings is 3. The molecule has 3 heterocycles. The number of aromatic carboxylic acids is 1. The molecule has 3 saturated heterocycles. The molecule has 2 bridgehead atoms. The van der Waals surface area contributed by atoms with Gasteiger partial charge in [0.15, 0.2) is 0 Å². The van der Waals surface area contributed by atoms with Crippen LogP contribution in [0, 0.1) is 5.92 Å². The summed E-state index contributed by atoms with van der Waals surface area (Å²) >= 11 is 0. The highest BCUT2D eigenvalue weighted by Crippen LogP contribution is 2.27. The number of nitrogens with zero attached hydrogens (tertiary/aromatic N) is 1. The summed E-state index contributed by atoms with van der Waals surface area (Å²) in [5.74, 6) is 0.0897. The summed E-state index contributed by atoms with van der Waals surface area (Å²) < 4.78 is 0. The molecule has 5 rings (SSSR count). The Balaban J connectivity index is 0.000000196. The van der Waals surface area contributed by atoms with Crippen LogP contribution in [0.5, 0.6) is 0 Å². The van der Waals surface area contributed by atoms with Gasteiger partial charge in [0.2, 0.25) is 0 Å². The van der Waals surface area contributed by atoms with E-state index in [0.717, 1.165) is 23.1 Å². The third-order valence-corrected chi connectivity index (χ3v) is 7.31. The molecular weight excluding hydrogens is 420 g/mol. The topological polar surface area (TPSA) is 52.6 Å². The number of benzene rings is 2. The van der Waals surface area contributed by atoms with Crippen molar-refractivity contribution in [3.05, 3.63) is 60.2 Å². The standard InChI is InChI=1S/C17H34N2.C13H10O2/c1-2-3-4-5-6-7-8-9-12-18-17-15-19-13-10-16(17)11-14-19;14-13(15)12-8-4-7-11(9-12)10-5-2-1-3-6-10/h16-18H,2-15H2,1H3;1-9H,(H,14,15). The van der Waals surface area contributed by atoms with E-state index in [-0.39, 0.29) is 0 Å². The fraction of sp³-hybridized carbons (Fsp3) is 0.567. The lowest BCUT2D eigenvalue weighted by atomic mass is 9.84. The van der Waals surface area contributed by atoms with Gasteiger partial charge in [0.25, 0.3) is 0 Å². The normalized spacial score (nSPS) is 21.0. The molecular formula is C30H44N2O2. The van der Waals surface area contributed by atoms with Gasteiger partial charge in [-0.25, -0.2) is 4.79 Å². The Morgan fingerprint density at radius 1 is 0.882 bits per heavy atom. The highest BCUT2D eigenvalue weighted by atomic mass is 16.4. The van der Waals surface area contributed by atoms with Crippen LogP contribution in [0.4, 0.5) is 0 Å². The lowest BCUT2D eigenvalue weighted by molar-refractivity contribution is 0.0697. The molecule has 4 heteroatoms. The van der Waals surface area contributed by atoms with E-state index < -0.39 is 5.97 Å². The summed E-state index contributed by atoms with van der Waals surface area (Å²) in [6, 6.07) is 17.5. The van der Waals surface area contributed by atoms with Gasteiger partial charge in [-0.1, -0.05) is 94.3 Å². The Morgan fingerprint density at radius 3 is 2.15 bits per heavy atom. The van der Waals surface area contributed by atoms with Gasteiger partial charge < -0.3 is 15.3 Å². The second kappa shape index (κ2) is 15.0. The average molecular weight is 465 g/mol. The van der Waals surface area contributed by atoms with Crippen molar-refractivity contribution in [3.63, 3.8) is 0 Å². The largest absolute Gasteiger partial charge is 0.478 e. The van der Waals surface area contributed by atoms with Crippen molar-refractivity contribution < 1.29 is 9.90 Å². The highest BCUT2D eigenvalue weighted by Gasteiger charge is 2.33. The first kappa shape index (κ1) is 26.4. The van der Waals surface area contributed by atoms with Gasteiger partial charge in [-0.3, -0.25) is 0 Å². The molecule has 34 heavy (non-hydrogen) atoms. The number of hydrogen-bond donors (Lipinski definition) is 2. The minimum atomic E-state index is -0.896. The second-order valence-electron chi connectivity index (χ2n) is 9.93. The number of nitrogens with one attached hydrogen (secondary N) is 1. The summed E-state index contributed by atoms with van der Waals surface area (Å²) in [5, 5.41) is 12.7. The lowest BCUT2D eigenvalue weighted by Gasteiger charge is -2.45. The van der Waals surface area contributed by atoms with E-state index in [0.29, 0.717) is 5.56 Å². The number of carbonyl (C=O) groups is 1. The Morgan fingerprint density at radius 2 is 1.53 bits per heavy atom. The summed E-state index contributed by atoms with van der Waals surface area (Å²) in [7, 11) is 0. The highest BCUT2D eigenvalue weighted by molar-refractivity contribution is 5.89. The first-order valence-corrected chi connectivity index (χ1v) is 13.5. The number of carboxylic acid groups (broad SMARTS) is 1. The molecule has 0 spiro atoms. The van der Waals surface area contributed by atoms with Crippen molar-refractivity contribution in [3.8, 4) is 11.1 Å². The zero-order valence-corrected chi connectivity index (χ0v) is 21.1. The zero-order chi connectivity index (χ0) is 24.0. The van der Waals surface area contributed by atoms with Crippen molar-refractivity contribution in [2.45, 2.75) is 77.2 Å². The van der Waals surface area contributed by atoms with Crippen LogP contribution >= 0.6 is 0 Å². The van der Waals surface area contributed by atoms with Crippen molar-refractivity contribution in [2.75, 3.05) is 26.2 Å². The average Bonchev–Trinajstić information content (AvgIpc) is 2.89. The predicted molar refractivity (Wildman–Crippen MR) is 142 cm³/mol. The first-order valence-electron chi connectivity index (χ1n) is 13.5. The van der Waals surface area contributed by atoms with Gasteiger partial charge in [-0.15, -0.1) is 0 Å². The van der Waals surface area contributed by atoms with E-state index in [2.05, 4.69) is 17.1 Å². The number of carboxylic acids is 1. The summed E-state index contributed by atoms with van der Waals surface area (Å²) in [6.07, 6.45) is 14.3. The molecule has 0 radical (unpaired) electrons. The zero-order valence-electron chi connectivity index (χ0n) is 21.1. The van der Waals surface area contributed by atoms with E-state index >= 15 is 0 Å². The van der Waals surface area contributed by atoms with Gasteiger partial charge in [0.1, 0.15) is 0 Å². The minimum Gasteiger partial charge on any atom is -0.478 e. The molecule has 2 aromatic rings. The Kier molecular flexibility index (Phi) is 11.6. The summed E-state index contributed by atoms with van der Waals surface area (Å²) in [6.45, 7) is 7.59. The van der Waals surface area contributed by atoms with Crippen molar-refractivity contribution in [2.24, 2.45) is 5.92 Å². The molecule has 1 unspecified atom stereocenters. The lowest BCUT2D eigenvalue weighted by Crippen LogP contribution is -2.56. The molecule has 0 aliphatic carbocycles. The third-order valence-electron chi connectivity index (χ3n) is 7.31. The van der Waals surface area contributed by atoms with E-state index in [1.807, 2.05) is 36.4 Å². The second-order valence-corrected chi connectivity index (χ2v) is 9.93. The monoisotopic (exact) mass is 464 g/mol.